The van der Waals surface area contributed by atoms with Gasteiger partial charge in [0.25, 0.3) is 0 Å². The van der Waals surface area contributed by atoms with Crippen LogP contribution in [0.1, 0.15) is 26.2 Å². The molecule has 1 aliphatic rings. The summed E-state index contributed by atoms with van der Waals surface area (Å²) in [6.45, 7) is 5.67. The lowest BCUT2D eigenvalue weighted by atomic mass is 10.0. The molecule has 0 aromatic rings. The standard InChI is InChI=1S/C10H14Cl2O2/c1-3-8-6-4-5-7(2)14(8)10(13)9(11)12/h3,7-8H,1,4-6H2,2H3. The lowest BCUT2D eigenvalue weighted by Crippen LogP contribution is -2.40. The van der Waals surface area contributed by atoms with Crippen molar-refractivity contribution in [3.05, 3.63) is 23.1 Å². The zero-order valence-electron chi connectivity index (χ0n) is 8.13. The Balaban J connectivity index is 2.89. The van der Waals surface area contributed by atoms with Crippen LogP contribution in [0.15, 0.2) is 23.1 Å². The zero-order chi connectivity index (χ0) is 10.7. The van der Waals surface area contributed by atoms with E-state index < -0.39 is 0 Å². The Kier molecular flexibility index (Phi) is 4.14. The molecule has 2 atom stereocenters. The first-order chi connectivity index (χ1) is 6.57. The van der Waals surface area contributed by atoms with Gasteiger partial charge in [0.2, 0.25) is 0 Å². The maximum atomic E-state index is 11.6. The summed E-state index contributed by atoms with van der Waals surface area (Å²) >= 11 is 11.0. The predicted octanol–water partition coefficient (Wildman–Crippen LogP) is 2.63. The quantitative estimate of drug-likeness (QED) is 0.412. The summed E-state index contributed by atoms with van der Waals surface area (Å²) in [5.74, 6) is -0.370. The van der Waals surface area contributed by atoms with E-state index in [4.69, 9.17) is 23.2 Å². The normalized spacial score (nSPS) is 27.2. The van der Waals surface area contributed by atoms with Gasteiger partial charge in [0.15, 0.2) is 4.49 Å². The summed E-state index contributed by atoms with van der Waals surface area (Å²) in [7, 11) is 0. The molecule has 0 bridgehead atoms. The maximum Gasteiger partial charge on any atom is 0.329 e. The molecular formula is C10H14Cl2O2. The highest BCUT2D eigenvalue weighted by Crippen LogP contribution is 2.32. The van der Waals surface area contributed by atoms with Gasteiger partial charge in [0.1, 0.15) is 0 Å². The van der Waals surface area contributed by atoms with Crippen molar-refractivity contribution in [1.82, 2.24) is 0 Å². The van der Waals surface area contributed by atoms with Gasteiger partial charge in [-0.2, -0.15) is 0 Å². The Morgan fingerprint density at radius 2 is 2.14 bits per heavy atom. The lowest BCUT2D eigenvalue weighted by molar-refractivity contribution is -0.427. The second kappa shape index (κ2) is 4.94. The van der Waals surface area contributed by atoms with Gasteiger partial charge in [-0.25, -0.2) is 5.11 Å². The minimum atomic E-state index is -0.370. The van der Waals surface area contributed by atoms with Crippen molar-refractivity contribution < 1.29 is 9.47 Å². The molecular weight excluding hydrogens is 223 g/mol. The summed E-state index contributed by atoms with van der Waals surface area (Å²) in [4.78, 5) is 0. The van der Waals surface area contributed by atoms with Gasteiger partial charge in [-0.3, -0.25) is 0 Å². The fourth-order valence-corrected chi connectivity index (χ4v) is 1.97. The first kappa shape index (κ1) is 11.7. The van der Waals surface area contributed by atoms with Gasteiger partial charge in [0.05, 0.1) is 12.2 Å². The SMILES string of the molecule is C=CC1CCCC(C)[O+]1C([O-])=C(Cl)Cl. The van der Waals surface area contributed by atoms with Crippen LogP contribution in [0.4, 0.5) is 0 Å². The molecule has 0 aromatic carbocycles. The van der Waals surface area contributed by atoms with E-state index in [1.807, 2.05) is 6.92 Å². The highest BCUT2D eigenvalue weighted by molar-refractivity contribution is 6.56. The van der Waals surface area contributed by atoms with E-state index in [0.29, 0.717) is 0 Å². The summed E-state index contributed by atoms with van der Waals surface area (Å²) in [6.07, 6.45) is 4.79. The van der Waals surface area contributed by atoms with Crippen molar-refractivity contribution in [2.24, 2.45) is 0 Å². The largest absolute Gasteiger partial charge is 0.586 e. The highest BCUT2D eigenvalue weighted by atomic mass is 35.5. The number of halogens is 2. The molecule has 0 N–H and O–H groups in total. The van der Waals surface area contributed by atoms with E-state index in [1.54, 1.807) is 6.08 Å². The second-order valence-corrected chi connectivity index (χ2v) is 4.38. The molecule has 80 valence electrons. The van der Waals surface area contributed by atoms with Crippen molar-refractivity contribution in [3.8, 4) is 0 Å². The van der Waals surface area contributed by atoms with Crippen molar-refractivity contribution in [2.45, 2.75) is 38.4 Å². The molecule has 0 saturated carbocycles. The molecule has 4 heteroatoms. The van der Waals surface area contributed by atoms with Gasteiger partial charge < -0.3 is 4.37 Å². The molecule has 1 aliphatic heterocycles. The molecule has 0 aliphatic carbocycles. The van der Waals surface area contributed by atoms with E-state index in [1.165, 1.54) is 0 Å². The van der Waals surface area contributed by atoms with Crippen LogP contribution in [0.2, 0.25) is 0 Å². The average Bonchev–Trinajstić information content (AvgIpc) is 2.16. The molecule has 0 radical (unpaired) electrons. The van der Waals surface area contributed by atoms with Gasteiger partial charge in [0, 0.05) is 0 Å². The van der Waals surface area contributed by atoms with Crippen LogP contribution in [0.25, 0.3) is 0 Å². The molecule has 0 aromatic heterocycles. The Morgan fingerprint density at radius 1 is 1.50 bits per heavy atom. The minimum Gasteiger partial charge on any atom is -0.586 e. The van der Waals surface area contributed by atoms with Gasteiger partial charge in [-0.15, -0.1) is 0 Å². The summed E-state index contributed by atoms with van der Waals surface area (Å²) < 4.78 is 2.38. The maximum absolute atomic E-state index is 11.6. The molecule has 1 saturated heterocycles. The Hall–Kier alpha value is -0.340. The summed E-state index contributed by atoms with van der Waals surface area (Å²) in [5.41, 5.74) is 0. The number of rotatable bonds is 2. The first-order valence-electron chi connectivity index (χ1n) is 4.64. The van der Waals surface area contributed by atoms with Crippen LogP contribution < -0.4 is 5.11 Å². The first-order valence-corrected chi connectivity index (χ1v) is 5.40. The topological polar surface area (TPSA) is 25.8 Å². The Labute approximate surface area is 94.5 Å². The molecule has 1 fully saturated rings. The number of hydrogen-bond acceptors (Lipinski definition) is 1. The monoisotopic (exact) mass is 236 g/mol. The molecule has 1 heterocycles. The summed E-state index contributed by atoms with van der Waals surface area (Å²) in [6, 6.07) is 0. The molecule has 2 nitrogen and oxygen atoms in total. The minimum absolute atomic E-state index is 0.0150. The molecule has 0 amide bonds. The highest BCUT2D eigenvalue weighted by Gasteiger charge is 2.27. The lowest BCUT2D eigenvalue weighted by Gasteiger charge is -2.45. The molecule has 0 spiro atoms. The third-order valence-electron chi connectivity index (χ3n) is 2.49. The van der Waals surface area contributed by atoms with E-state index in [-0.39, 0.29) is 22.6 Å². The van der Waals surface area contributed by atoms with Crippen molar-refractivity contribution in [2.75, 3.05) is 0 Å². The Morgan fingerprint density at radius 3 is 2.64 bits per heavy atom. The predicted molar refractivity (Wildman–Crippen MR) is 57.1 cm³/mol. The van der Waals surface area contributed by atoms with E-state index in [0.717, 1.165) is 19.3 Å². The van der Waals surface area contributed by atoms with E-state index in [9.17, 15) is 5.11 Å². The second-order valence-electron chi connectivity index (χ2n) is 3.44. The van der Waals surface area contributed by atoms with Gasteiger partial charge >= 0.3 is 5.95 Å². The third-order valence-corrected chi connectivity index (χ3v) is 2.80. The van der Waals surface area contributed by atoms with Crippen LogP contribution in [-0.2, 0) is 4.37 Å². The Bertz CT molecular complexity index is 247. The van der Waals surface area contributed by atoms with Crippen molar-refractivity contribution >= 4 is 23.2 Å². The fourth-order valence-electron chi connectivity index (χ4n) is 1.79. The fraction of sp³-hybridized carbons (Fsp3) is 0.600. The van der Waals surface area contributed by atoms with Gasteiger partial charge in [-0.1, -0.05) is 35.9 Å². The van der Waals surface area contributed by atoms with Crippen molar-refractivity contribution in [1.29, 1.82) is 0 Å². The summed E-state index contributed by atoms with van der Waals surface area (Å²) in [5, 5.41) is 11.6. The van der Waals surface area contributed by atoms with E-state index >= 15 is 0 Å². The molecule has 2 unspecified atom stereocenters. The zero-order valence-corrected chi connectivity index (χ0v) is 9.64. The third kappa shape index (κ3) is 2.37. The number of hydrogen-bond donors (Lipinski definition) is 0. The molecule has 1 rings (SSSR count). The van der Waals surface area contributed by atoms with Crippen LogP contribution in [0, 0.1) is 0 Å². The van der Waals surface area contributed by atoms with Crippen LogP contribution >= 0.6 is 23.2 Å². The van der Waals surface area contributed by atoms with Crippen LogP contribution in [-0.4, -0.2) is 12.2 Å². The van der Waals surface area contributed by atoms with Gasteiger partial charge in [-0.05, 0) is 26.2 Å². The average molecular weight is 237 g/mol. The van der Waals surface area contributed by atoms with E-state index in [2.05, 4.69) is 10.9 Å². The van der Waals surface area contributed by atoms with Crippen molar-refractivity contribution in [3.63, 3.8) is 0 Å². The smallest absolute Gasteiger partial charge is 0.329 e. The molecule has 14 heavy (non-hydrogen) atoms. The van der Waals surface area contributed by atoms with Crippen LogP contribution in [0.5, 0.6) is 0 Å². The van der Waals surface area contributed by atoms with Crippen LogP contribution in [0.3, 0.4) is 0 Å².